The van der Waals surface area contributed by atoms with Gasteiger partial charge in [0.05, 0.1) is 6.26 Å². The van der Waals surface area contributed by atoms with Crippen LogP contribution >= 0.6 is 0 Å². The SMILES string of the molecule is CC(=O)Nc1cccc(NC(=O)c2cc(-c3ccco3)[nH]n2)c1. The lowest BCUT2D eigenvalue weighted by atomic mass is 10.2. The van der Waals surface area contributed by atoms with Gasteiger partial charge in [0, 0.05) is 24.4 Å². The van der Waals surface area contributed by atoms with E-state index in [1.807, 2.05) is 0 Å². The second kappa shape index (κ2) is 6.18. The van der Waals surface area contributed by atoms with Crippen LogP contribution in [-0.4, -0.2) is 22.0 Å². The number of carbonyl (C=O) groups is 2. The number of hydrogen-bond acceptors (Lipinski definition) is 4. The van der Waals surface area contributed by atoms with E-state index in [-0.39, 0.29) is 17.5 Å². The molecule has 0 saturated heterocycles. The maximum Gasteiger partial charge on any atom is 0.276 e. The van der Waals surface area contributed by atoms with Crippen LogP contribution in [0.15, 0.2) is 53.1 Å². The highest BCUT2D eigenvalue weighted by atomic mass is 16.3. The molecular formula is C16H14N4O3. The predicted octanol–water partition coefficient (Wildman–Crippen LogP) is 2.88. The largest absolute Gasteiger partial charge is 0.463 e. The minimum absolute atomic E-state index is 0.177. The lowest BCUT2D eigenvalue weighted by molar-refractivity contribution is -0.114. The number of benzene rings is 1. The second-order valence-electron chi connectivity index (χ2n) is 4.86. The van der Waals surface area contributed by atoms with Gasteiger partial charge < -0.3 is 15.1 Å². The molecular weight excluding hydrogens is 296 g/mol. The number of nitrogens with one attached hydrogen (secondary N) is 3. The van der Waals surface area contributed by atoms with Crippen LogP contribution in [0, 0.1) is 0 Å². The smallest absolute Gasteiger partial charge is 0.276 e. The average Bonchev–Trinajstić information content (AvgIpc) is 3.18. The average molecular weight is 310 g/mol. The fraction of sp³-hybridized carbons (Fsp3) is 0.0625. The normalized spacial score (nSPS) is 10.3. The maximum atomic E-state index is 12.2. The molecule has 1 aromatic carbocycles. The number of anilines is 2. The Kier molecular flexibility index (Phi) is 3.92. The topological polar surface area (TPSA) is 100 Å². The van der Waals surface area contributed by atoms with E-state index in [4.69, 9.17) is 4.42 Å². The van der Waals surface area contributed by atoms with Crippen molar-refractivity contribution >= 4 is 23.2 Å². The molecule has 0 saturated carbocycles. The summed E-state index contributed by atoms with van der Waals surface area (Å²) in [5.41, 5.74) is 2.02. The van der Waals surface area contributed by atoms with Crippen molar-refractivity contribution in [1.29, 1.82) is 0 Å². The number of amides is 2. The van der Waals surface area contributed by atoms with E-state index >= 15 is 0 Å². The Hall–Kier alpha value is -3.35. The first kappa shape index (κ1) is 14.6. The molecule has 2 amide bonds. The van der Waals surface area contributed by atoms with E-state index in [0.717, 1.165) is 0 Å². The molecule has 0 bridgehead atoms. The zero-order chi connectivity index (χ0) is 16.2. The van der Waals surface area contributed by atoms with E-state index in [0.29, 0.717) is 22.8 Å². The van der Waals surface area contributed by atoms with E-state index in [2.05, 4.69) is 20.8 Å². The molecule has 7 nitrogen and oxygen atoms in total. The summed E-state index contributed by atoms with van der Waals surface area (Å²) in [7, 11) is 0. The Balaban J connectivity index is 1.73. The van der Waals surface area contributed by atoms with E-state index in [1.54, 1.807) is 48.7 Å². The third kappa shape index (κ3) is 3.46. The number of nitrogens with zero attached hydrogens (tertiary/aromatic N) is 1. The standard InChI is InChI=1S/C16H14N4O3/c1-10(21)17-11-4-2-5-12(8-11)18-16(22)14-9-13(19-20-14)15-6-3-7-23-15/h2-9H,1H3,(H,17,21)(H,18,22)(H,19,20). The highest BCUT2D eigenvalue weighted by Gasteiger charge is 2.13. The molecule has 7 heteroatoms. The van der Waals surface area contributed by atoms with Crippen LogP contribution in [0.4, 0.5) is 11.4 Å². The molecule has 3 rings (SSSR count). The molecule has 0 aliphatic rings. The van der Waals surface area contributed by atoms with Crippen molar-refractivity contribution in [2.45, 2.75) is 6.92 Å². The van der Waals surface area contributed by atoms with Crippen LogP contribution in [0.25, 0.3) is 11.5 Å². The Bertz CT molecular complexity index is 837. The molecule has 2 aromatic heterocycles. The van der Waals surface area contributed by atoms with Crippen LogP contribution in [0.5, 0.6) is 0 Å². The molecule has 23 heavy (non-hydrogen) atoms. The monoisotopic (exact) mass is 310 g/mol. The third-order valence-corrected chi connectivity index (χ3v) is 3.04. The van der Waals surface area contributed by atoms with E-state index < -0.39 is 0 Å². The quantitative estimate of drug-likeness (QED) is 0.689. The van der Waals surface area contributed by atoms with Gasteiger partial charge >= 0.3 is 0 Å². The first-order chi connectivity index (χ1) is 11.1. The Morgan fingerprint density at radius 3 is 2.57 bits per heavy atom. The lowest BCUT2D eigenvalue weighted by Gasteiger charge is -2.06. The summed E-state index contributed by atoms with van der Waals surface area (Å²) >= 11 is 0. The fourth-order valence-electron chi connectivity index (χ4n) is 2.07. The Morgan fingerprint density at radius 2 is 1.87 bits per heavy atom. The summed E-state index contributed by atoms with van der Waals surface area (Å²) in [5, 5.41) is 12.1. The second-order valence-corrected chi connectivity index (χ2v) is 4.86. The van der Waals surface area contributed by atoms with Crippen molar-refractivity contribution in [3.8, 4) is 11.5 Å². The highest BCUT2D eigenvalue weighted by Crippen LogP contribution is 2.19. The van der Waals surface area contributed by atoms with Crippen molar-refractivity contribution in [3.05, 3.63) is 54.4 Å². The summed E-state index contributed by atoms with van der Waals surface area (Å²) in [5.74, 6) is 0.0621. The van der Waals surface area contributed by atoms with Crippen LogP contribution in [-0.2, 0) is 4.79 Å². The molecule has 0 fully saturated rings. The van der Waals surface area contributed by atoms with E-state index in [1.165, 1.54) is 6.92 Å². The van der Waals surface area contributed by atoms with Crippen molar-refractivity contribution in [2.75, 3.05) is 10.6 Å². The molecule has 3 N–H and O–H groups in total. The van der Waals surface area contributed by atoms with Gasteiger partial charge in [-0.2, -0.15) is 5.10 Å². The summed E-state index contributed by atoms with van der Waals surface area (Å²) in [6.07, 6.45) is 1.55. The fourth-order valence-corrected chi connectivity index (χ4v) is 2.07. The number of carbonyl (C=O) groups excluding carboxylic acids is 2. The molecule has 0 radical (unpaired) electrons. The lowest BCUT2D eigenvalue weighted by Crippen LogP contribution is -2.13. The summed E-state index contributed by atoms with van der Waals surface area (Å²) in [6.45, 7) is 1.42. The van der Waals surface area contributed by atoms with Crippen LogP contribution in [0.2, 0.25) is 0 Å². The molecule has 0 aliphatic carbocycles. The van der Waals surface area contributed by atoms with Crippen molar-refractivity contribution in [3.63, 3.8) is 0 Å². The van der Waals surface area contributed by atoms with Gasteiger partial charge in [-0.15, -0.1) is 0 Å². The molecule has 0 unspecified atom stereocenters. The number of aromatic amines is 1. The number of furan rings is 1. The van der Waals surface area contributed by atoms with Gasteiger partial charge in [0.1, 0.15) is 5.69 Å². The molecule has 2 heterocycles. The zero-order valence-corrected chi connectivity index (χ0v) is 12.3. The van der Waals surface area contributed by atoms with Crippen molar-refractivity contribution < 1.29 is 14.0 Å². The molecule has 3 aromatic rings. The predicted molar refractivity (Wildman–Crippen MR) is 85.0 cm³/mol. The number of aromatic nitrogens is 2. The van der Waals surface area contributed by atoms with Gasteiger partial charge in [-0.05, 0) is 30.3 Å². The van der Waals surface area contributed by atoms with Gasteiger partial charge in [-0.3, -0.25) is 14.7 Å². The Labute approximate surface area is 131 Å². The zero-order valence-electron chi connectivity index (χ0n) is 12.3. The highest BCUT2D eigenvalue weighted by molar-refractivity contribution is 6.03. The van der Waals surface area contributed by atoms with Crippen molar-refractivity contribution in [1.82, 2.24) is 10.2 Å². The van der Waals surface area contributed by atoms with Gasteiger partial charge in [-0.25, -0.2) is 0 Å². The summed E-state index contributed by atoms with van der Waals surface area (Å²) in [4.78, 5) is 23.3. The molecule has 116 valence electrons. The molecule has 0 spiro atoms. The molecule has 0 atom stereocenters. The third-order valence-electron chi connectivity index (χ3n) is 3.04. The number of hydrogen-bond donors (Lipinski definition) is 3. The van der Waals surface area contributed by atoms with Crippen LogP contribution in [0.1, 0.15) is 17.4 Å². The summed E-state index contributed by atoms with van der Waals surface area (Å²) < 4.78 is 5.24. The van der Waals surface area contributed by atoms with Gasteiger partial charge in [-0.1, -0.05) is 6.07 Å². The van der Waals surface area contributed by atoms with Gasteiger partial charge in [0.2, 0.25) is 5.91 Å². The first-order valence-electron chi connectivity index (χ1n) is 6.90. The van der Waals surface area contributed by atoms with Crippen LogP contribution < -0.4 is 10.6 Å². The van der Waals surface area contributed by atoms with Gasteiger partial charge in [0.15, 0.2) is 11.5 Å². The maximum absolute atomic E-state index is 12.2. The summed E-state index contributed by atoms with van der Waals surface area (Å²) in [6, 6.07) is 12.0. The number of H-pyrrole nitrogens is 1. The van der Waals surface area contributed by atoms with Crippen molar-refractivity contribution in [2.24, 2.45) is 0 Å². The first-order valence-corrected chi connectivity index (χ1v) is 6.90. The van der Waals surface area contributed by atoms with E-state index in [9.17, 15) is 9.59 Å². The van der Waals surface area contributed by atoms with Gasteiger partial charge in [0.25, 0.3) is 5.91 Å². The number of rotatable bonds is 4. The molecule has 0 aliphatic heterocycles. The minimum atomic E-state index is -0.362. The van der Waals surface area contributed by atoms with Crippen LogP contribution in [0.3, 0.4) is 0 Å². The minimum Gasteiger partial charge on any atom is -0.463 e. The Morgan fingerprint density at radius 1 is 1.09 bits per heavy atom.